The van der Waals surface area contributed by atoms with E-state index in [1.165, 1.54) is 4.68 Å². The molecule has 3 aromatic heterocycles. The van der Waals surface area contributed by atoms with Gasteiger partial charge in [-0.25, -0.2) is 14.5 Å². The molecule has 13 nitrogen and oxygen atoms in total. The first kappa shape index (κ1) is 33.8. The van der Waals surface area contributed by atoms with Crippen molar-refractivity contribution in [3.05, 3.63) is 100 Å². The van der Waals surface area contributed by atoms with Gasteiger partial charge in [-0.3, -0.25) is 14.4 Å². The number of amides is 2. The number of benzene rings is 2. The standard InChI is InChI=1S/C35H39N7O6/c1-6-7-8-28(33(46)37-24-11-14-26-22(4)27(18-31(43)44)34(47)48-29(26)17-24)42-19-30(39-40-42)35(5,21(2)3)38-32(45)23-9-12-25(13-10-23)41-16-15-36-20-41/h9-17,19-21,28H,6-8,18H2,1-5H3,(H,37,46)(H,38,45)(H,43,44)/t28-,35-/m0/s1. The number of imidazole rings is 1. The molecule has 5 rings (SSSR count). The zero-order valence-corrected chi connectivity index (χ0v) is 27.6. The molecule has 2 aromatic carbocycles. The van der Waals surface area contributed by atoms with E-state index in [0.29, 0.717) is 34.3 Å². The van der Waals surface area contributed by atoms with Crippen LogP contribution in [0.25, 0.3) is 16.7 Å². The summed E-state index contributed by atoms with van der Waals surface area (Å²) in [5.74, 6) is -1.82. The maximum atomic E-state index is 13.7. The normalized spacial score (nSPS) is 13.3. The van der Waals surface area contributed by atoms with Gasteiger partial charge in [-0.1, -0.05) is 38.8 Å². The van der Waals surface area contributed by atoms with Gasteiger partial charge in [0, 0.05) is 40.8 Å². The number of nitrogens with zero attached hydrogens (tertiary/aromatic N) is 5. The van der Waals surface area contributed by atoms with E-state index >= 15 is 0 Å². The molecule has 0 radical (unpaired) electrons. The van der Waals surface area contributed by atoms with Gasteiger partial charge in [0.05, 0.1) is 30.0 Å². The summed E-state index contributed by atoms with van der Waals surface area (Å²) in [6, 6.07) is 11.4. The van der Waals surface area contributed by atoms with Gasteiger partial charge in [0.2, 0.25) is 5.91 Å². The largest absolute Gasteiger partial charge is 0.481 e. The number of aromatic nitrogens is 5. The van der Waals surface area contributed by atoms with Crippen LogP contribution < -0.4 is 16.3 Å². The summed E-state index contributed by atoms with van der Waals surface area (Å²) in [4.78, 5) is 54.9. The van der Waals surface area contributed by atoms with E-state index in [0.717, 1.165) is 18.5 Å². The van der Waals surface area contributed by atoms with E-state index in [9.17, 15) is 24.3 Å². The van der Waals surface area contributed by atoms with Crippen LogP contribution in [0.15, 0.2) is 76.6 Å². The molecule has 0 spiro atoms. The Balaban J connectivity index is 1.37. The van der Waals surface area contributed by atoms with Crippen molar-refractivity contribution in [2.45, 2.75) is 71.9 Å². The highest BCUT2D eigenvalue weighted by atomic mass is 16.4. The maximum Gasteiger partial charge on any atom is 0.340 e. The number of hydrogen-bond donors (Lipinski definition) is 3. The number of nitrogens with one attached hydrogen (secondary N) is 2. The molecule has 0 bridgehead atoms. The Bertz CT molecular complexity index is 2000. The van der Waals surface area contributed by atoms with Crippen LogP contribution in [0.2, 0.25) is 0 Å². The summed E-state index contributed by atoms with van der Waals surface area (Å²) in [6.45, 7) is 9.55. The molecule has 3 heterocycles. The Kier molecular flexibility index (Phi) is 9.87. The van der Waals surface area contributed by atoms with Gasteiger partial charge in [-0.15, -0.1) is 5.10 Å². The number of anilines is 1. The van der Waals surface area contributed by atoms with Crippen LogP contribution in [0.5, 0.6) is 0 Å². The Morgan fingerprint density at radius 2 is 1.85 bits per heavy atom. The third-order valence-electron chi connectivity index (χ3n) is 8.84. The van der Waals surface area contributed by atoms with Crippen molar-refractivity contribution in [3.8, 4) is 5.69 Å². The van der Waals surface area contributed by atoms with Crippen molar-refractivity contribution < 1.29 is 23.9 Å². The van der Waals surface area contributed by atoms with Gasteiger partial charge >= 0.3 is 11.6 Å². The third kappa shape index (κ3) is 7.04. The second-order valence-electron chi connectivity index (χ2n) is 12.3. The molecule has 0 aliphatic carbocycles. The van der Waals surface area contributed by atoms with Crippen molar-refractivity contribution >= 4 is 34.4 Å². The molecule has 5 aromatic rings. The molecule has 0 saturated heterocycles. The van der Waals surface area contributed by atoms with Gasteiger partial charge in [0.25, 0.3) is 5.91 Å². The van der Waals surface area contributed by atoms with Crippen LogP contribution in [-0.4, -0.2) is 47.4 Å². The second-order valence-corrected chi connectivity index (χ2v) is 12.3. The minimum Gasteiger partial charge on any atom is -0.481 e. The fraction of sp³-hybridized carbons (Fsp3) is 0.343. The summed E-state index contributed by atoms with van der Waals surface area (Å²) in [6.07, 6.45) is 8.54. The summed E-state index contributed by atoms with van der Waals surface area (Å²) < 4.78 is 8.79. The van der Waals surface area contributed by atoms with Crippen LogP contribution in [0, 0.1) is 12.8 Å². The fourth-order valence-corrected chi connectivity index (χ4v) is 5.51. The van der Waals surface area contributed by atoms with Crippen molar-refractivity contribution in [2.75, 3.05) is 5.32 Å². The molecule has 0 saturated carbocycles. The number of aryl methyl sites for hydroxylation is 1. The Labute approximate surface area is 277 Å². The number of carbonyl (C=O) groups is 3. The lowest BCUT2D eigenvalue weighted by Gasteiger charge is -2.33. The molecule has 0 aliphatic heterocycles. The summed E-state index contributed by atoms with van der Waals surface area (Å²) in [5, 5.41) is 24.6. The van der Waals surface area contributed by atoms with Crippen LogP contribution in [0.4, 0.5) is 5.69 Å². The predicted molar refractivity (Wildman–Crippen MR) is 179 cm³/mol. The Morgan fingerprint density at radius 1 is 1.10 bits per heavy atom. The highest BCUT2D eigenvalue weighted by Gasteiger charge is 2.36. The molecular formula is C35H39N7O6. The quantitative estimate of drug-likeness (QED) is 0.145. The summed E-state index contributed by atoms with van der Waals surface area (Å²) in [5.41, 5.74) is 1.48. The first-order valence-corrected chi connectivity index (χ1v) is 15.8. The zero-order chi connectivity index (χ0) is 34.6. The summed E-state index contributed by atoms with van der Waals surface area (Å²) >= 11 is 0. The topological polar surface area (TPSA) is 174 Å². The number of aliphatic carboxylic acids is 1. The minimum absolute atomic E-state index is 0.0773. The smallest absolute Gasteiger partial charge is 0.340 e. The highest BCUT2D eigenvalue weighted by Crippen LogP contribution is 2.30. The lowest BCUT2D eigenvalue weighted by atomic mass is 9.85. The van der Waals surface area contributed by atoms with Gasteiger partial charge in [-0.05, 0) is 68.1 Å². The van der Waals surface area contributed by atoms with Crippen molar-refractivity contribution in [1.29, 1.82) is 0 Å². The monoisotopic (exact) mass is 653 g/mol. The molecule has 0 aliphatic rings. The molecule has 0 unspecified atom stereocenters. The van der Waals surface area contributed by atoms with E-state index in [2.05, 4.69) is 25.9 Å². The number of carbonyl (C=O) groups excluding carboxylic acids is 2. The van der Waals surface area contributed by atoms with Crippen molar-refractivity contribution in [3.63, 3.8) is 0 Å². The molecule has 250 valence electrons. The number of rotatable bonds is 13. The average molecular weight is 654 g/mol. The number of fused-ring (bicyclic) bond motifs is 1. The van der Waals surface area contributed by atoms with E-state index in [1.54, 1.807) is 56.0 Å². The zero-order valence-electron chi connectivity index (χ0n) is 27.6. The van der Waals surface area contributed by atoms with Gasteiger partial charge < -0.3 is 24.7 Å². The molecule has 13 heteroatoms. The first-order chi connectivity index (χ1) is 22.9. The minimum atomic E-state index is -1.13. The van der Waals surface area contributed by atoms with Crippen molar-refractivity contribution in [1.82, 2.24) is 29.9 Å². The molecule has 0 fully saturated rings. The number of carboxylic acid groups (broad SMARTS) is 1. The van der Waals surface area contributed by atoms with Gasteiger partial charge in [0.15, 0.2) is 0 Å². The lowest BCUT2D eigenvalue weighted by molar-refractivity contribution is -0.136. The SMILES string of the molecule is CCCC[C@@H](C(=O)Nc1ccc2c(C)c(CC(=O)O)c(=O)oc2c1)n1cc([C@@](C)(NC(=O)c2ccc(-n3ccnc3)cc2)C(C)C)nn1. The molecule has 2 atom stereocenters. The predicted octanol–water partition coefficient (Wildman–Crippen LogP) is 5.18. The fourth-order valence-electron chi connectivity index (χ4n) is 5.51. The molecule has 3 N–H and O–H groups in total. The highest BCUT2D eigenvalue weighted by molar-refractivity contribution is 5.96. The average Bonchev–Trinajstić information content (AvgIpc) is 3.77. The van der Waals surface area contributed by atoms with Crippen molar-refractivity contribution in [2.24, 2.45) is 5.92 Å². The second kappa shape index (κ2) is 14.0. The Morgan fingerprint density at radius 3 is 2.50 bits per heavy atom. The first-order valence-electron chi connectivity index (χ1n) is 15.8. The van der Waals surface area contributed by atoms with E-state index in [-0.39, 0.29) is 28.9 Å². The van der Waals surface area contributed by atoms with E-state index in [1.807, 2.05) is 50.6 Å². The van der Waals surface area contributed by atoms with E-state index in [4.69, 9.17) is 4.42 Å². The summed E-state index contributed by atoms with van der Waals surface area (Å²) in [7, 11) is 0. The molecular weight excluding hydrogens is 614 g/mol. The Hall–Kier alpha value is -5.59. The van der Waals surface area contributed by atoms with E-state index < -0.39 is 29.6 Å². The molecule has 2 amide bonds. The molecule has 48 heavy (non-hydrogen) atoms. The van der Waals surface area contributed by atoms with Gasteiger partial charge in [0.1, 0.15) is 17.3 Å². The third-order valence-corrected chi connectivity index (χ3v) is 8.84. The van der Waals surface area contributed by atoms with Crippen LogP contribution >= 0.6 is 0 Å². The number of unbranched alkanes of at least 4 members (excludes halogenated alkanes) is 1. The van der Waals surface area contributed by atoms with Crippen LogP contribution in [0.3, 0.4) is 0 Å². The van der Waals surface area contributed by atoms with Crippen LogP contribution in [-0.2, 0) is 21.5 Å². The maximum absolute atomic E-state index is 13.7. The number of carboxylic acids is 1. The van der Waals surface area contributed by atoms with Gasteiger partial charge in [-0.2, -0.15) is 0 Å². The lowest BCUT2D eigenvalue weighted by Crippen LogP contribution is -2.47. The number of hydrogen-bond acceptors (Lipinski definition) is 8. The van der Waals surface area contributed by atoms with Crippen LogP contribution in [0.1, 0.15) is 80.2 Å².